The Labute approximate surface area is 105 Å². The van der Waals surface area contributed by atoms with Gasteiger partial charge < -0.3 is 15.2 Å². The minimum Gasteiger partial charge on any atom is -0.463 e. The summed E-state index contributed by atoms with van der Waals surface area (Å²) in [5, 5.41) is 0. The first-order valence-electron chi connectivity index (χ1n) is 6.57. The van der Waals surface area contributed by atoms with Gasteiger partial charge in [0.25, 0.3) is 0 Å². The second-order valence-electron chi connectivity index (χ2n) is 4.53. The number of nitrogens with two attached hydrogens (primary N) is 1. The minimum atomic E-state index is -0.132. The Hall–Kier alpha value is -0.610. The molecule has 1 unspecified atom stereocenters. The third-order valence-corrected chi connectivity index (χ3v) is 2.71. The van der Waals surface area contributed by atoms with Crippen LogP contribution in [0.25, 0.3) is 0 Å². The van der Waals surface area contributed by atoms with Gasteiger partial charge in [-0.2, -0.15) is 0 Å². The van der Waals surface area contributed by atoms with Crippen molar-refractivity contribution in [2.45, 2.75) is 52.6 Å². The lowest BCUT2D eigenvalue weighted by Gasteiger charge is -2.13. The van der Waals surface area contributed by atoms with Gasteiger partial charge in [0.15, 0.2) is 0 Å². The molecule has 0 radical (unpaired) electrons. The molecule has 17 heavy (non-hydrogen) atoms. The molecule has 0 fully saturated rings. The van der Waals surface area contributed by atoms with Gasteiger partial charge in [-0.3, -0.25) is 4.79 Å². The highest BCUT2D eigenvalue weighted by Crippen LogP contribution is 2.14. The molecule has 2 N–H and O–H groups in total. The molecular formula is C13H27NO3. The number of ether oxygens (including phenoxy) is 2. The fourth-order valence-electron chi connectivity index (χ4n) is 1.62. The van der Waals surface area contributed by atoms with Gasteiger partial charge in [0.05, 0.1) is 12.7 Å². The van der Waals surface area contributed by atoms with Gasteiger partial charge in [0.2, 0.25) is 0 Å². The number of hydrogen-bond donors (Lipinski definition) is 1. The molecule has 4 nitrogen and oxygen atoms in total. The molecule has 0 amide bonds. The number of hydrogen-bond acceptors (Lipinski definition) is 4. The van der Waals surface area contributed by atoms with Crippen LogP contribution in [-0.4, -0.2) is 31.8 Å². The lowest BCUT2D eigenvalue weighted by Crippen LogP contribution is -2.15. The van der Waals surface area contributed by atoms with Crippen molar-refractivity contribution in [2.75, 3.05) is 19.8 Å². The van der Waals surface area contributed by atoms with E-state index in [2.05, 4.69) is 6.92 Å². The van der Waals surface area contributed by atoms with Crippen LogP contribution in [0.15, 0.2) is 0 Å². The molecule has 0 aromatic rings. The fourth-order valence-corrected chi connectivity index (χ4v) is 1.62. The van der Waals surface area contributed by atoms with Crippen molar-refractivity contribution < 1.29 is 14.3 Å². The van der Waals surface area contributed by atoms with Crippen LogP contribution >= 0.6 is 0 Å². The first-order chi connectivity index (χ1) is 8.10. The first-order valence-corrected chi connectivity index (χ1v) is 6.57. The summed E-state index contributed by atoms with van der Waals surface area (Å²) >= 11 is 0. The second kappa shape index (κ2) is 10.5. The van der Waals surface area contributed by atoms with E-state index in [1.165, 1.54) is 0 Å². The molecule has 0 bridgehead atoms. The van der Waals surface area contributed by atoms with Crippen molar-refractivity contribution in [2.24, 2.45) is 11.7 Å². The Kier molecular flexibility index (Phi) is 10.2. The van der Waals surface area contributed by atoms with Gasteiger partial charge in [0.1, 0.15) is 6.61 Å². The van der Waals surface area contributed by atoms with E-state index in [1.807, 2.05) is 13.8 Å². The fraction of sp³-hybridized carbons (Fsp3) is 0.923. The molecule has 1 atom stereocenters. The summed E-state index contributed by atoms with van der Waals surface area (Å²) in [6.07, 6.45) is 3.60. The van der Waals surface area contributed by atoms with Crippen LogP contribution in [0.2, 0.25) is 0 Å². The summed E-state index contributed by atoms with van der Waals surface area (Å²) in [5.74, 6) is 0.410. The largest absolute Gasteiger partial charge is 0.463 e. The van der Waals surface area contributed by atoms with Gasteiger partial charge in [-0.1, -0.05) is 13.3 Å². The Morgan fingerprint density at radius 2 is 1.94 bits per heavy atom. The number of rotatable bonds is 10. The maximum absolute atomic E-state index is 11.4. The summed E-state index contributed by atoms with van der Waals surface area (Å²) in [4.78, 5) is 11.4. The van der Waals surface area contributed by atoms with Crippen molar-refractivity contribution in [1.82, 2.24) is 0 Å². The Balaban J connectivity index is 3.51. The number of carbonyl (C=O) groups is 1. The average Bonchev–Trinajstić information content (AvgIpc) is 2.29. The summed E-state index contributed by atoms with van der Waals surface area (Å²) in [7, 11) is 0. The zero-order chi connectivity index (χ0) is 13.1. The molecule has 4 heteroatoms. The zero-order valence-electron chi connectivity index (χ0n) is 11.4. The topological polar surface area (TPSA) is 61.6 Å². The highest BCUT2D eigenvalue weighted by Gasteiger charge is 2.09. The van der Waals surface area contributed by atoms with Crippen LogP contribution in [0.1, 0.15) is 46.5 Å². The molecular weight excluding hydrogens is 218 g/mol. The minimum absolute atomic E-state index is 0.132. The molecule has 0 aromatic carbocycles. The smallest absolute Gasteiger partial charge is 0.305 e. The van der Waals surface area contributed by atoms with E-state index in [4.69, 9.17) is 15.2 Å². The summed E-state index contributed by atoms with van der Waals surface area (Å²) < 4.78 is 10.4. The number of esters is 1. The van der Waals surface area contributed by atoms with Crippen molar-refractivity contribution in [3.63, 3.8) is 0 Å². The molecule has 0 aliphatic heterocycles. The Bertz CT molecular complexity index is 195. The van der Waals surface area contributed by atoms with E-state index in [0.29, 0.717) is 32.1 Å². The van der Waals surface area contributed by atoms with Crippen LogP contribution in [0.3, 0.4) is 0 Å². The molecule has 0 aliphatic rings. The normalized spacial score (nSPS) is 12.8. The third-order valence-electron chi connectivity index (χ3n) is 2.71. The summed E-state index contributed by atoms with van der Waals surface area (Å²) in [5.41, 5.74) is 5.51. The highest BCUT2D eigenvalue weighted by atomic mass is 16.6. The van der Waals surface area contributed by atoms with Gasteiger partial charge >= 0.3 is 5.97 Å². The van der Waals surface area contributed by atoms with E-state index >= 15 is 0 Å². The average molecular weight is 245 g/mol. The van der Waals surface area contributed by atoms with E-state index in [-0.39, 0.29) is 12.1 Å². The molecule has 0 heterocycles. The third kappa shape index (κ3) is 10.3. The zero-order valence-corrected chi connectivity index (χ0v) is 11.4. The standard InChI is InChI=1S/C13H27NO3/c1-4-12(7-8-14)5-6-13(15)17-10-9-16-11(2)3/h11-12H,4-10,14H2,1-3H3. The van der Waals surface area contributed by atoms with E-state index in [1.54, 1.807) is 0 Å². The lowest BCUT2D eigenvalue weighted by atomic mass is 9.97. The summed E-state index contributed by atoms with van der Waals surface area (Å²) in [6, 6.07) is 0. The second-order valence-corrected chi connectivity index (χ2v) is 4.53. The molecule has 0 saturated carbocycles. The molecule has 0 rings (SSSR count). The van der Waals surface area contributed by atoms with Crippen LogP contribution in [-0.2, 0) is 14.3 Å². The van der Waals surface area contributed by atoms with E-state index < -0.39 is 0 Å². The van der Waals surface area contributed by atoms with Crippen molar-refractivity contribution in [3.05, 3.63) is 0 Å². The van der Waals surface area contributed by atoms with Gasteiger partial charge in [0, 0.05) is 6.42 Å². The Morgan fingerprint density at radius 3 is 2.47 bits per heavy atom. The van der Waals surface area contributed by atoms with Gasteiger partial charge in [-0.15, -0.1) is 0 Å². The predicted molar refractivity (Wildman–Crippen MR) is 68.7 cm³/mol. The van der Waals surface area contributed by atoms with Crippen LogP contribution < -0.4 is 5.73 Å². The van der Waals surface area contributed by atoms with E-state index in [9.17, 15) is 4.79 Å². The monoisotopic (exact) mass is 245 g/mol. The van der Waals surface area contributed by atoms with Crippen molar-refractivity contribution in [3.8, 4) is 0 Å². The molecule has 0 saturated heterocycles. The van der Waals surface area contributed by atoms with Gasteiger partial charge in [-0.25, -0.2) is 0 Å². The van der Waals surface area contributed by atoms with Crippen molar-refractivity contribution >= 4 is 5.97 Å². The number of carbonyl (C=O) groups excluding carboxylic acids is 1. The summed E-state index contributed by atoms with van der Waals surface area (Å²) in [6.45, 7) is 7.56. The maximum Gasteiger partial charge on any atom is 0.305 e. The quantitative estimate of drug-likeness (QED) is 0.473. The van der Waals surface area contributed by atoms with Crippen LogP contribution in [0, 0.1) is 5.92 Å². The van der Waals surface area contributed by atoms with Gasteiger partial charge in [-0.05, 0) is 39.2 Å². The molecule has 102 valence electrons. The maximum atomic E-state index is 11.4. The SMILES string of the molecule is CCC(CCN)CCC(=O)OCCOC(C)C. The predicted octanol–water partition coefficient (Wildman–Crippen LogP) is 2.11. The molecule has 0 aliphatic carbocycles. The van der Waals surface area contributed by atoms with Crippen molar-refractivity contribution in [1.29, 1.82) is 0 Å². The first kappa shape index (κ1) is 16.4. The molecule has 0 spiro atoms. The Morgan fingerprint density at radius 1 is 1.24 bits per heavy atom. The molecule has 0 aromatic heterocycles. The van der Waals surface area contributed by atoms with Crippen LogP contribution in [0.5, 0.6) is 0 Å². The van der Waals surface area contributed by atoms with E-state index in [0.717, 1.165) is 19.3 Å². The van der Waals surface area contributed by atoms with Crippen LogP contribution in [0.4, 0.5) is 0 Å². The lowest BCUT2D eigenvalue weighted by molar-refractivity contribution is -0.146. The highest BCUT2D eigenvalue weighted by molar-refractivity contribution is 5.69.